The Morgan fingerprint density at radius 2 is 1.95 bits per heavy atom. The second kappa shape index (κ2) is 8.08. The second-order valence-electron chi connectivity index (χ2n) is 3.96. The van der Waals surface area contributed by atoms with Crippen molar-refractivity contribution >= 4 is 23.9 Å². The van der Waals surface area contributed by atoms with Crippen LogP contribution in [0, 0.1) is 0 Å². The van der Waals surface area contributed by atoms with E-state index >= 15 is 0 Å². The van der Waals surface area contributed by atoms with Crippen molar-refractivity contribution in [3.63, 3.8) is 0 Å². The molecule has 1 aliphatic rings. The third kappa shape index (κ3) is 4.33. The molecule has 0 aromatic rings. The molecule has 0 saturated heterocycles. The lowest BCUT2D eigenvalue weighted by molar-refractivity contribution is -0.133. The zero-order valence-corrected chi connectivity index (χ0v) is 12.2. The summed E-state index contributed by atoms with van der Waals surface area (Å²) in [5.41, 5.74) is 2.32. The van der Waals surface area contributed by atoms with Crippen molar-refractivity contribution in [2.45, 2.75) is 26.3 Å². The largest absolute Gasteiger partial charge is 0.464 e. The van der Waals surface area contributed by atoms with Crippen molar-refractivity contribution in [2.75, 3.05) is 26.9 Å². The van der Waals surface area contributed by atoms with Crippen LogP contribution in [0.4, 0.5) is 9.59 Å². The van der Waals surface area contributed by atoms with E-state index in [-0.39, 0.29) is 18.9 Å². The molecule has 0 saturated carbocycles. The molecule has 0 aromatic carbocycles. The number of carbonyl (C=O) groups excluding carboxylic acids is 3. The standard InChI is InChI=1S/C12H19N3O6/c1-4-20-11(17)14-15(12(18)21-5-2)8-6-7-13-9(8)10(16)19-3/h8H,4-7H2,1-3H3,(H,14,17). The topological polar surface area (TPSA) is 107 Å². The number of carbonyl (C=O) groups is 3. The summed E-state index contributed by atoms with van der Waals surface area (Å²) in [6.45, 7) is 3.87. The van der Waals surface area contributed by atoms with Gasteiger partial charge in [0, 0.05) is 6.54 Å². The Labute approximate surface area is 122 Å². The summed E-state index contributed by atoms with van der Waals surface area (Å²) < 4.78 is 14.2. The van der Waals surface area contributed by atoms with Gasteiger partial charge < -0.3 is 14.2 Å². The average Bonchev–Trinajstić information content (AvgIpc) is 2.93. The van der Waals surface area contributed by atoms with Crippen LogP contribution < -0.4 is 5.43 Å². The van der Waals surface area contributed by atoms with Gasteiger partial charge in [0.1, 0.15) is 11.8 Å². The fraction of sp³-hybridized carbons (Fsp3) is 0.667. The van der Waals surface area contributed by atoms with Gasteiger partial charge in [0.25, 0.3) is 0 Å². The first-order valence-electron chi connectivity index (χ1n) is 6.57. The molecular formula is C12H19N3O6. The Morgan fingerprint density at radius 1 is 1.29 bits per heavy atom. The van der Waals surface area contributed by atoms with Crippen molar-refractivity contribution in [3.05, 3.63) is 0 Å². The van der Waals surface area contributed by atoms with Crippen molar-refractivity contribution in [1.29, 1.82) is 0 Å². The van der Waals surface area contributed by atoms with Gasteiger partial charge in [-0.05, 0) is 20.3 Å². The second-order valence-corrected chi connectivity index (χ2v) is 3.96. The van der Waals surface area contributed by atoms with Crippen LogP contribution in [0.1, 0.15) is 20.3 Å². The van der Waals surface area contributed by atoms with Crippen molar-refractivity contribution < 1.29 is 28.6 Å². The molecule has 9 heteroatoms. The normalized spacial score (nSPS) is 16.7. The Hall–Kier alpha value is -2.32. The minimum absolute atomic E-state index is 0.0577. The lowest BCUT2D eigenvalue weighted by Gasteiger charge is -2.27. The Balaban J connectivity index is 2.90. The van der Waals surface area contributed by atoms with Crippen LogP contribution in [0.2, 0.25) is 0 Å². The number of amides is 2. The number of rotatable bonds is 4. The van der Waals surface area contributed by atoms with E-state index in [0.717, 1.165) is 5.01 Å². The maximum Gasteiger partial charge on any atom is 0.429 e. The van der Waals surface area contributed by atoms with E-state index < -0.39 is 24.2 Å². The first kappa shape index (κ1) is 16.7. The first-order valence-corrected chi connectivity index (χ1v) is 6.57. The van der Waals surface area contributed by atoms with E-state index in [1.165, 1.54) is 7.11 Å². The number of hydrazine groups is 1. The number of methoxy groups -OCH3 is 1. The molecule has 0 aromatic heterocycles. The van der Waals surface area contributed by atoms with E-state index in [4.69, 9.17) is 9.47 Å². The van der Waals surface area contributed by atoms with Gasteiger partial charge in [-0.25, -0.2) is 24.8 Å². The molecule has 1 heterocycles. The molecule has 21 heavy (non-hydrogen) atoms. The van der Waals surface area contributed by atoms with Crippen LogP contribution in [0.5, 0.6) is 0 Å². The molecule has 2 amide bonds. The monoisotopic (exact) mass is 301 g/mol. The molecule has 1 rings (SSSR count). The van der Waals surface area contributed by atoms with E-state index in [9.17, 15) is 14.4 Å². The summed E-state index contributed by atoms with van der Waals surface area (Å²) in [7, 11) is 1.22. The van der Waals surface area contributed by atoms with Crippen LogP contribution in [0.15, 0.2) is 4.99 Å². The molecule has 0 aliphatic carbocycles. The minimum atomic E-state index is -0.818. The fourth-order valence-electron chi connectivity index (χ4n) is 1.81. The summed E-state index contributed by atoms with van der Waals surface area (Å²) in [5, 5.41) is 0.907. The number of nitrogens with zero attached hydrogens (tertiary/aromatic N) is 2. The number of aliphatic imine (C=N–C) groups is 1. The van der Waals surface area contributed by atoms with Gasteiger partial charge in [0.05, 0.1) is 20.3 Å². The SMILES string of the molecule is CCOC(=O)NN(C(=O)OCC)C1CCN=C1C(=O)OC. The number of esters is 1. The molecule has 1 atom stereocenters. The highest BCUT2D eigenvalue weighted by atomic mass is 16.6. The first-order chi connectivity index (χ1) is 10.0. The molecule has 0 radical (unpaired) electrons. The molecule has 0 fully saturated rings. The van der Waals surface area contributed by atoms with Gasteiger partial charge in [-0.3, -0.25) is 4.99 Å². The van der Waals surface area contributed by atoms with E-state index in [2.05, 4.69) is 15.2 Å². The summed E-state index contributed by atoms with van der Waals surface area (Å²) in [5.74, 6) is -0.655. The maximum absolute atomic E-state index is 12.0. The van der Waals surface area contributed by atoms with E-state index in [1.807, 2.05) is 0 Å². The van der Waals surface area contributed by atoms with Crippen LogP contribution in [-0.2, 0) is 19.0 Å². The van der Waals surface area contributed by atoms with Gasteiger partial charge in [-0.2, -0.15) is 0 Å². The highest BCUT2D eigenvalue weighted by Crippen LogP contribution is 2.14. The molecule has 1 aliphatic heterocycles. The van der Waals surface area contributed by atoms with Gasteiger partial charge in [0.15, 0.2) is 0 Å². The molecule has 118 valence electrons. The molecule has 0 spiro atoms. The Morgan fingerprint density at radius 3 is 2.52 bits per heavy atom. The van der Waals surface area contributed by atoms with Crippen molar-refractivity contribution in [2.24, 2.45) is 4.99 Å². The lowest BCUT2D eigenvalue weighted by atomic mass is 10.1. The average molecular weight is 301 g/mol. The Kier molecular flexibility index (Phi) is 6.44. The van der Waals surface area contributed by atoms with E-state index in [1.54, 1.807) is 13.8 Å². The van der Waals surface area contributed by atoms with Crippen LogP contribution in [-0.4, -0.2) is 61.8 Å². The van der Waals surface area contributed by atoms with Crippen molar-refractivity contribution in [1.82, 2.24) is 10.4 Å². The number of ether oxygens (including phenoxy) is 3. The highest BCUT2D eigenvalue weighted by molar-refractivity contribution is 6.39. The van der Waals surface area contributed by atoms with Crippen LogP contribution in [0.25, 0.3) is 0 Å². The summed E-state index contributed by atoms with van der Waals surface area (Å²) in [4.78, 5) is 39.1. The lowest BCUT2D eigenvalue weighted by Crippen LogP contribution is -2.55. The molecule has 9 nitrogen and oxygen atoms in total. The van der Waals surface area contributed by atoms with Gasteiger partial charge in [-0.15, -0.1) is 0 Å². The van der Waals surface area contributed by atoms with E-state index in [0.29, 0.717) is 13.0 Å². The quantitative estimate of drug-likeness (QED) is 0.460. The number of nitrogens with one attached hydrogen (secondary N) is 1. The zero-order chi connectivity index (χ0) is 15.8. The summed E-state index contributed by atoms with van der Waals surface area (Å²) >= 11 is 0. The number of hydrogen-bond acceptors (Lipinski definition) is 7. The summed E-state index contributed by atoms with van der Waals surface area (Å²) in [6, 6.07) is -0.749. The molecule has 1 N–H and O–H groups in total. The van der Waals surface area contributed by atoms with Crippen molar-refractivity contribution in [3.8, 4) is 0 Å². The third-order valence-electron chi connectivity index (χ3n) is 2.66. The minimum Gasteiger partial charge on any atom is -0.464 e. The van der Waals surface area contributed by atoms with Crippen LogP contribution >= 0.6 is 0 Å². The zero-order valence-electron chi connectivity index (χ0n) is 12.2. The third-order valence-corrected chi connectivity index (χ3v) is 2.66. The highest BCUT2D eigenvalue weighted by Gasteiger charge is 2.37. The van der Waals surface area contributed by atoms with Gasteiger partial charge in [-0.1, -0.05) is 0 Å². The maximum atomic E-state index is 12.0. The Bertz CT molecular complexity index is 437. The van der Waals surface area contributed by atoms with Crippen LogP contribution in [0.3, 0.4) is 0 Å². The fourth-order valence-corrected chi connectivity index (χ4v) is 1.81. The van der Waals surface area contributed by atoms with Gasteiger partial charge >= 0.3 is 18.2 Å². The smallest absolute Gasteiger partial charge is 0.429 e. The molecule has 0 bridgehead atoms. The molecular weight excluding hydrogens is 282 g/mol. The van der Waals surface area contributed by atoms with Gasteiger partial charge in [0.2, 0.25) is 0 Å². The summed E-state index contributed by atoms with van der Waals surface area (Å²) in [6.07, 6.45) is -1.24. The number of hydrogen-bond donors (Lipinski definition) is 1. The predicted octanol–water partition coefficient (Wildman–Crippen LogP) is 0.492. The predicted molar refractivity (Wildman–Crippen MR) is 71.7 cm³/mol. The molecule has 1 unspecified atom stereocenters.